The fourth-order valence-electron chi connectivity index (χ4n) is 3.63. The lowest BCUT2D eigenvalue weighted by Crippen LogP contribution is -2.32. The number of fused-ring (bicyclic) bond motifs is 1. The summed E-state index contributed by atoms with van der Waals surface area (Å²) in [6.45, 7) is 3.93. The van der Waals surface area contributed by atoms with Crippen molar-refractivity contribution in [3.63, 3.8) is 0 Å². The first-order valence-electron chi connectivity index (χ1n) is 7.72. The molecule has 1 saturated carbocycles. The summed E-state index contributed by atoms with van der Waals surface area (Å²) < 4.78 is 7.69. The fourth-order valence-corrected chi connectivity index (χ4v) is 4.21. The number of imidazole rings is 1. The summed E-state index contributed by atoms with van der Waals surface area (Å²) in [7, 11) is 1.45. The van der Waals surface area contributed by atoms with Crippen molar-refractivity contribution in [2.75, 3.05) is 12.8 Å². The van der Waals surface area contributed by atoms with Crippen LogP contribution < -0.4 is 5.73 Å². The predicted molar refractivity (Wildman–Crippen MR) is 91.0 cm³/mol. The Kier molecular flexibility index (Phi) is 4.08. The molecule has 0 amide bonds. The van der Waals surface area contributed by atoms with Gasteiger partial charge in [0.2, 0.25) is 0 Å². The molecule has 0 aliphatic heterocycles. The lowest BCUT2D eigenvalue weighted by Gasteiger charge is -2.28. The summed E-state index contributed by atoms with van der Waals surface area (Å²) in [5.41, 5.74) is 6.29. The predicted octanol–water partition coefficient (Wildman–Crippen LogP) is 3.16. The number of hydrogen-bond donors (Lipinski definition) is 1. The number of rotatable bonds is 3. The zero-order valence-electron chi connectivity index (χ0n) is 13.5. The normalized spacial score (nSPS) is 21.7. The molecule has 1 aliphatic carbocycles. The van der Waals surface area contributed by atoms with E-state index in [1.807, 2.05) is 24.4 Å². The maximum absolute atomic E-state index is 12.0. The van der Waals surface area contributed by atoms with Crippen molar-refractivity contribution in [2.24, 2.45) is 11.3 Å². The van der Waals surface area contributed by atoms with E-state index < -0.39 is 5.41 Å². The number of hydrogen-bond acceptors (Lipinski definition) is 5. The van der Waals surface area contributed by atoms with Crippen molar-refractivity contribution in [3.8, 4) is 0 Å². The fraction of sp³-hybridized carbons (Fsp3) is 0.562. The molecule has 0 spiro atoms. The number of aromatic nitrogens is 3. The highest BCUT2D eigenvalue weighted by Crippen LogP contribution is 2.47. The van der Waals surface area contributed by atoms with Crippen LogP contribution in [0.2, 0.25) is 0 Å². The van der Waals surface area contributed by atoms with Gasteiger partial charge in [-0.2, -0.15) is 0 Å². The number of carbonyl (C=O) groups is 1. The molecule has 1 aliphatic rings. The van der Waals surface area contributed by atoms with E-state index in [1.54, 1.807) is 6.20 Å². The number of nitrogen functional groups attached to an aromatic ring is 1. The zero-order valence-corrected chi connectivity index (χ0v) is 15.1. The van der Waals surface area contributed by atoms with Crippen LogP contribution in [-0.2, 0) is 9.53 Å². The number of halogens is 1. The molecule has 2 N–H and O–H groups in total. The smallest absolute Gasteiger partial charge is 0.311 e. The molecular weight excluding hydrogens is 360 g/mol. The van der Waals surface area contributed by atoms with Crippen LogP contribution in [-0.4, -0.2) is 27.4 Å². The molecule has 2 aromatic heterocycles. The maximum atomic E-state index is 12.0. The Labute approximate surface area is 143 Å². The first kappa shape index (κ1) is 16.2. The molecule has 2 aromatic rings. The third kappa shape index (κ3) is 2.60. The molecule has 0 saturated heterocycles. The number of nitrogens with zero attached hydrogens (tertiary/aromatic N) is 3. The van der Waals surface area contributed by atoms with Crippen LogP contribution in [0.5, 0.6) is 0 Å². The average molecular weight is 381 g/mol. The van der Waals surface area contributed by atoms with E-state index in [-0.39, 0.29) is 11.9 Å². The lowest BCUT2D eigenvalue weighted by atomic mass is 9.77. The quantitative estimate of drug-likeness (QED) is 0.826. The number of anilines is 1. The van der Waals surface area contributed by atoms with Gasteiger partial charge in [0.25, 0.3) is 0 Å². The van der Waals surface area contributed by atoms with Gasteiger partial charge < -0.3 is 10.5 Å². The minimum absolute atomic E-state index is 0.147. The summed E-state index contributed by atoms with van der Waals surface area (Å²) in [5.74, 6) is 1.87. The molecule has 0 bridgehead atoms. The van der Waals surface area contributed by atoms with Gasteiger partial charge in [0, 0.05) is 18.3 Å². The van der Waals surface area contributed by atoms with Gasteiger partial charge in [0.1, 0.15) is 15.9 Å². The second kappa shape index (κ2) is 5.78. The van der Waals surface area contributed by atoms with Crippen LogP contribution >= 0.6 is 15.9 Å². The van der Waals surface area contributed by atoms with Crippen LogP contribution in [0, 0.1) is 11.3 Å². The SMILES string of the molecule is COC(=O)C(C)(C)C1CCC(c2nc(Br)c3c(N)nccn23)C1. The summed E-state index contributed by atoms with van der Waals surface area (Å²) in [5, 5.41) is 0. The standard InChI is InChI=1S/C16H21BrN4O2/c1-16(2,15(22)23-3)10-5-4-9(8-10)14-20-12(17)11-13(18)19-6-7-21(11)14/h6-7,9-10H,4-5,8H2,1-3H3,(H2,18,19). The molecule has 0 aromatic carbocycles. The average Bonchev–Trinajstić information content (AvgIpc) is 3.12. The van der Waals surface area contributed by atoms with Gasteiger partial charge >= 0.3 is 5.97 Å². The Morgan fingerprint density at radius 2 is 2.22 bits per heavy atom. The maximum Gasteiger partial charge on any atom is 0.311 e. The molecule has 1 fully saturated rings. The highest BCUT2D eigenvalue weighted by molar-refractivity contribution is 9.10. The van der Waals surface area contributed by atoms with Crippen molar-refractivity contribution in [1.29, 1.82) is 0 Å². The Balaban J connectivity index is 1.91. The van der Waals surface area contributed by atoms with E-state index in [0.717, 1.165) is 30.6 Å². The van der Waals surface area contributed by atoms with Gasteiger partial charge in [0.05, 0.1) is 12.5 Å². The number of nitrogens with two attached hydrogens (primary N) is 1. The molecule has 23 heavy (non-hydrogen) atoms. The molecule has 2 heterocycles. The van der Waals surface area contributed by atoms with Crippen LogP contribution in [0.1, 0.15) is 44.9 Å². The van der Waals surface area contributed by atoms with E-state index in [9.17, 15) is 4.79 Å². The summed E-state index contributed by atoms with van der Waals surface area (Å²) in [6.07, 6.45) is 6.47. The molecular formula is C16H21BrN4O2. The van der Waals surface area contributed by atoms with Gasteiger partial charge in [0.15, 0.2) is 5.82 Å². The minimum Gasteiger partial charge on any atom is -0.469 e. The Morgan fingerprint density at radius 3 is 2.91 bits per heavy atom. The van der Waals surface area contributed by atoms with Crippen molar-refractivity contribution in [2.45, 2.75) is 39.0 Å². The third-order valence-corrected chi connectivity index (χ3v) is 5.65. The van der Waals surface area contributed by atoms with E-state index in [4.69, 9.17) is 10.5 Å². The van der Waals surface area contributed by atoms with Crippen LogP contribution in [0.4, 0.5) is 5.82 Å². The molecule has 6 nitrogen and oxygen atoms in total. The first-order valence-corrected chi connectivity index (χ1v) is 8.52. The molecule has 7 heteroatoms. The second-order valence-electron chi connectivity index (χ2n) is 6.71. The van der Waals surface area contributed by atoms with Crippen molar-refractivity contribution >= 4 is 33.2 Å². The Bertz CT molecular complexity index is 756. The number of carbonyl (C=O) groups excluding carboxylic acids is 1. The van der Waals surface area contributed by atoms with E-state index in [2.05, 4.69) is 25.9 Å². The summed E-state index contributed by atoms with van der Waals surface area (Å²) in [4.78, 5) is 20.8. The molecule has 2 unspecified atom stereocenters. The first-order chi connectivity index (χ1) is 10.9. The van der Waals surface area contributed by atoms with Crippen LogP contribution in [0.15, 0.2) is 17.0 Å². The van der Waals surface area contributed by atoms with E-state index in [0.29, 0.717) is 16.3 Å². The van der Waals surface area contributed by atoms with Crippen molar-refractivity contribution < 1.29 is 9.53 Å². The lowest BCUT2D eigenvalue weighted by molar-refractivity contribution is -0.153. The second-order valence-corrected chi connectivity index (χ2v) is 7.46. The van der Waals surface area contributed by atoms with Gasteiger partial charge in [-0.15, -0.1) is 0 Å². The summed E-state index contributed by atoms with van der Waals surface area (Å²) >= 11 is 3.48. The molecule has 3 rings (SSSR count). The highest BCUT2D eigenvalue weighted by Gasteiger charge is 2.43. The summed E-state index contributed by atoms with van der Waals surface area (Å²) in [6, 6.07) is 0. The van der Waals surface area contributed by atoms with Crippen molar-refractivity contribution in [3.05, 3.63) is 22.8 Å². The monoisotopic (exact) mass is 380 g/mol. The zero-order chi connectivity index (χ0) is 16.8. The molecule has 0 radical (unpaired) electrons. The van der Waals surface area contributed by atoms with Crippen LogP contribution in [0.25, 0.3) is 5.52 Å². The molecule has 124 valence electrons. The third-order valence-electron chi connectivity index (χ3n) is 5.10. The van der Waals surface area contributed by atoms with Gasteiger partial charge in [-0.25, -0.2) is 9.97 Å². The minimum atomic E-state index is -0.478. The Morgan fingerprint density at radius 1 is 1.48 bits per heavy atom. The van der Waals surface area contributed by atoms with Gasteiger partial charge in [-0.3, -0.25) is 9.20 Å². The van der Waals surface area contributed by atoms with E-state index in [1.165, 1.54) is 7.11 Å². The van der Waals surface area contributed by atoms with Gasteiger partial charge in [-0.1, -0.05) is 0 Å². The van der Waals surface area contributed by atoms with Crippen molar-refractivity contribution in [1.82, 2.24) is 14.4 Å². The van der Waals surface area contributed by atoms with Gasteiger partial charge in [-0.05, 0) is 55.0 Å². The number of methoxy groups -OCH3 is 1. The topological polar surface area (TPSA) is 82.5 Å². The number of esters is 1. The van der Waals surface area contributed by atoms with E-state index >= 15 is 0 Å². The highest BCUT2D eigenvalue weighted by atomic mass is 79.9. The van der Waals surface area contributed by atoms with Crippen LogP contribution in [0.3, 0.4) is 0 Å². The number of ether oxygens (including phenoxy) is 1. The molecule has 2 atom stereocenters. The Hall–Kier alpha value is -1.63. The largest absolute Gasteiger partial charge is 0.469 e.